The molecule has 0 aliphatic rings. The zero-order valence-electron chi connectivity index (χ0n) is 14.9. The maximum atomic E-state index is 11.8. The summed E-state index contributed by atoms with van der Waals surface area (Å²) in [6, 6.07) is 25.3. The molecule has 27 heavy (non-hydrogen) atoms. The van der Waals surface area contributed by atoms with Crippen LogP contribution in [0.15, 0.2) is 78.9 Å². The Hall–Kier alpha value is -2.93. The van der Waals surface area contributed by atoms with Crippen LogP contribution in [-0.2, 0) is 0 Å². The van der Waals surface area contributed by atoms with Gasteiger partial charge in [-0.25, -0.2) is 4.79 Å². The van der Waals surface area contributed by atoms with Gasteiger partial charge >= 0.3 is 5.97 Å². The van der Waals surface area contributed by atoms with Gasteiger partial charge in [0.1, 0.15) is 0 Å². The molecule has 0 spiro atoms. The molecule has 0 bridgehead atoms. The summed E-state index contributed by atoms with van der Waals surface area (Å²) in [5.41, 5.74) is 5.55. The van der Waals surface area contributed by atoms with Crippen LogP contribution in [0.2, 0.25) is 0 Å². The summed E-state index contributed by atoms with van der Waals surface area (Å²) in [7, 11) is 0. The van der Waals surface area contributed by atoms with E-state index in [0.717, 1.165) is 33.3 Å². The van der Waals surface area contributed by atoms with Gasteiger partial charge in [0, 0.05) is 34.0 Å². The first-order valence-electron chi connectivity index (χ1n) is 8.43. The number of benzene rings is 3. The van der Waals surface area contributed by atoms with E-state index in [9.17, 15) is 9.90 Å². The number of carboxylic acids is 1. The van der Waals surface area contributed by atoms with Crippen LogP contribution < -0.4 is 0 Å². The molecule has 129 valence electrons. The molecule has 0 fully saturated rings. The quantitative estimate of drug-likeness (QED) is 0.507. The Balaban J connectivity index is 0.00000210. The molecule has 0 saturated carbocycles. The third-order valence-corrected chi connectivity index (χ3v) is 4.51. The lowest BCUT2D eigenvalue weighted by atomic mass is 9.93. The van der Waals surface area contributed by atoms with Gasteiger partial charge in [-0.05, 0) is 41.8 Å². The fraction of sp³-hybridized carbons (Fsp3) is 0.0435. The Bertz CT molecular complexity index is 1120. The Morgan fingerprint density at radius 3 is 2.33 bits per heavy atom. The first kappa shape index (κ1) is 18.9. The van der Waals surface area contributed by atoms with Crippen molar-refractivity contribution in [1.82, 2.24) is 4.98 Å². The fourth-order valence-electron chi connectivity index (χ4n) is 3.23. The number of rotatable bonds is 3. The van der Waals surface area contributed by atoms with Crippen LogP contribution in [0, 0.1) is 6.92 Å². The maximum Gasteiger partial charge on any atom is 0.336 e. The predicted octanol–water partition coefficient (Wildman–Crippen LogP) is 5.19. The van der Waals surface area contributed by atoms with E-state index >= 15 is 0 Å². The summed E-state index contributed by atoms with van der Waals surface area (Å²) < 4.78 is 0. The maximum absolute atomic E-state index is 11.8. The highest BCUT2D eigenvalue weighted by Crippen LogP contribution is 2.33. The first-order valence-corrected chi connectivity index (χ1v) is 8.43. The molecule has 1 heterocycles. The molecule has 3 radical (unpaired) electrons. The smallest absolute Gasteiger partial charge is 0.336 e. The first-order chi connectivity index (χ1) is 12.6. The molecule has 1 aromatic heterocycles. The zero-order valence-corrected chi connectivity index (χ0v) is 16.0. The van der Waals surface area contributed by atoms with Crippen LogP contribution >= 0.6 is 0 Å². The van der Waals surface area contributed by atoms with Crippen LogP contribution in [0.4, 0.5) is 0 Å². The number of pyridine rings is 1. The molecule has 0 atom stereocenters. The fourth-order valence-corrected chi connectivity index (χ4v) is 3.23. The van der Waals surface area contributed by atoms with Crippen molar-refractivity contribution in [2.75, 3.05) is 0 Å². The van der Waals surface area contributed by atoms with Crippen LogP contribution in [0.25, 0.3) is 33.2 Å². The van der Waals surface area contributed by atoms with E-state index in [0.29, 0.717) is 5.56 Å². The number of hydrogen-bond donors (Lipinski definition) is 1. The number of nitrogens with zero attached hydrogens (tertiary/aromatic N) is 1. The third kappa shape index (κ3) is 3.64. The van der Waals surface area contributed by atoms with Gasteiger partial charge < -0.3 is 5.11 Å². The molecule has 4 heteroatoms. The van der Waals surface area contributed by atoms with Crippen molar-refractivity contribution in [3.8, 4) is 22.3 Å². The lowest BCUT2D eigenvalue weighted by molar-refractivity contribution is 0.0698. The largest absolute Gasteiger partial charge is 0.478 e. The predicted molar refractivity (Wildman–Crippen MR) is 110 cm³/mol. The van der Waals surface area contributed by atoms with Crippen molar-refractivity contribution in [1.29, 1.82) is 0 Å². The summed E-state index contributed by atoms with van der Waals surface area (Å²) in [5, 5.41) is 10.7. The average molecular weight is 366 g/mol. The number of aromatic nitrogens is 1. The Labute approximate surface area is 168 Å². The van der Waals surface area contributed by atoms with Crippen molar-refractivity contribution in [3.63, 3.8) is 0 Å². The second kappa shape index (κ2) is 7.75. The molecule has 0 unspecified atom stereocenters. The standard InChI is InChI=1S/C23H17NO2.Al/c1-15-10-11-17-8-5-9-19(22(17)24-15)21-14-18(12-13-20(21)23(25)26)16-6-3-2-4-7-16;/h2-14H,1H3,(H,25,26);. The molecule has 3 nitrogen and oxygen atoms in total. The molecule has 0 amide bonds. The van der Waals surface area contributed by atoms with Crippen molar-refractivity contribution in [2.45, 2.75) is 6.92 Å². The minimum atomic E-state index is -0.940. The lowest BCUT2D eigenvalue weighted by Gasteiger charge is -2.12. The van der Waals surface area contributed by atoms with E-state index in [4.69, 9.17) is 0 Å². The van der Waals surface area contributed by atoms with Crippen LogP contribution in [0.1, 0.15) is 16.1 Å². The van der Waals surface area contributed by atoms with Crippen LogP contribution in [0.3, 0.4) is 0 Å². The van der Waals surface area contributed by atoms with Gasteiger partial charge in [-0.2, -0.15) is 0 Å². The number of hydrogen-bond acceptors (Lipinski definition) is 2. The van der Waals surface area contributed by atoms with E-state index in [1.54, 1.807) is 6.07 Å². The second-order valence-electron chi connectivity index (χ2n) is 6.26. The Morgan fingerprint density at radius 2 is 1.59 bits per heavy atom. The number of fused-ring (bicyclic) bond motifs is 1. The number of para-hydroxylation sites is 1. The summed E-state index contributed by atoms with van der Waals surface area (Å²) in [6.45, 7) is 1.94. The average Bonchev–Trinajstić information content (AvgIpc) is 2.67. The Kier molecular flexibility index (Phi) is 5.41. The second-order valence-corrected chi connectivity index (χ2v) is 6.26. The van der Waals surface area contributed by atoms with Crippen LogP contribution in [0.5, 0.6) is 0 Å². The molecule has 4 aromatic rings. The van der Waals surface area contributed by atoms with Crippen molar-refractivity contribution in [3.05, 3.63) is 90.1 Å². The molecule has 0 aliphatic carbocycles. The van der Waals surface area contributed by atoms with Gasteiger partial charge in [0.05, 0.1) is 11.1 Å². The zero-order chi connectivity index (χ0) is 18.1. The normalized spacial score (nSPS) is 10.4. The molecule has 0 saturated heterocycles. The molecular formula is C23H17AlNO2. The molecule has 4 rings (SSSR count). The highest BCUT2D eigenvalue weighted by atomic mass is 27.0. The summed E-state index contributed by atoms with van der Waals surface area (Å²) in [4.78, 5) is 16.5. The number of carboxylic acid groups (broad SMARTS) is 1. The lowest BCUT2D eigenvalue weighted by Crippen LogP contribution is -2.01. The molecular weight excluding hydrogens is 349 g/mol. The van der Waals surface area contributed by atoms with Gasteiger partial charge in [0.25, 0.3) is 0 Å². The summed E-state index contributed by atoms with van der Waals surface area (Å²) in [5.74, 6) is -0.940. The van der Waals surface area contributed by atoms with E-state index in [1.165, 1.54) is 0 Å². The van der Waals surface area contributed by atoms with Crippen molar-refractivity contribution in [2.24, 2.45) is 0 Å². The van der Waals surface area contributed by atoms with Gasteiger partial charge in [0.15, 0.2) is 0 Å². The highest BCUT2D eigenvalue weighted by Gasteiger charge is 2.16. The topological polar surface area (TPSA) is 50.2 Å². The number of carbonyl (C=O) groups is 1. The highest BCUT2D eigenvalue weighted by molar-refractivity contribution is 6.03. The summed E-state index contributed by atoms with van der Waals surface area (Å²) in [6.07, 6.45) is 0. The van der Waals surface area contributed by atoms with E-state index in [2.05, 4.69) is 4.98 Å². The molecule has 3 aromatic carbocycles. The number of aromatic carboxylic acids is 1. The van der Waals surface area contributed by atoms with Crippen molar-refractivity contribution >= 4 is 34.2 Å². The third-order valence-electron chi connectivity index (χ3n) is 4.51. The van der Waals surface area contributed by atoms with Crippen molar-refractivity contribution < 1.29 is 9.90 Å². The van der Waals surface area contributed by atoms with Gasteiger partial charge in [-0.1, -0.05) is 60.7 Å². The van der Waals surface area contributed by atoms with E-state index in [-0.39, 0.29) is 22.9 Å². The SMILES string of the molecule is Cc1ccc2cccc(-c3cc(-c4ccccc4)ccc3C(=O)O)c2n1.[Al]. The van der Waals surface area contributed by atoms with Gasteiger partial charge in [-0.3, -0.25) is 4.98 Å². The molecule has 1 N–H and O–H groups in total. The minimum Gasteiger partial charge on any atom is -0.478 e. The van der Waals surface area contributed by atoms with Crippen LogP contribution in [-0.4, -0.2) is 33.4 Å². The van der Waals surface area contributed by atoms with Gasteiger partial charge in [-0.15, -0.1) is 0 Å². The minimum absolute atomic E-state index is 0. The molecule has 0 aliphatic heterocycles. The Morgan fingerprint density at radius 1 is 0.815 bits per heavy atom. The monoisotopic (exact) mass is 366 g/mol. The van der Waals surface area contributed by atoms with E-state index in [1.807, 2.05) is 79.7 Å². The summed E-state index contributed by atoms with van der Waals surface area (Å²) >= 11 is 0. The van der Waals surface area contributed by atoms with Gasteiger partial charge in [0.2, 0.25) is 0 Å². The van der Waals surface area contributed by atoms with E-state index < -0.39 is 5.97 Å². The number of aryl methyl sites for hydroxylation is 1.